The van der Waals surface area contributed by atoms with E-state index >= 15 is 0 Å². The maximum atomic E-state index is 12.8. The molecule has 3 heterocycles. The molecule has 1 N–H and O–H groups in total. The molecule has 146 valence electrons. The number of ketones is 1. The van der Waals surface area contributed by atoms with Gasteiger partial charge in [0.1, 0.15) is 5.75 Å². The summed E-state index contributed by atoms with van der Waals surface area (Å²) in [7, 11) is 1.55. The van der Waals surface area contributed by atoms with Gasteiger partial charge in [0, 0.05) is 18.2 Å². The zero-order chi connectivity index (χ0) is 20.4. The van der Waals surface area contributed by atoms with Gasteiger partial charge in [-0.15, -0.1) is 11.3 Å². The van der Waals surface area contributed by atoms with Gasteiger partial charge in [-0.05, 0) is 35.7 Å². The average Bonchev–Trinajstić information content (AvgIpc) is 3.43. The Morgan fingerprint density at radius 3 is 2.83 bits per heavy atom. The second kappa shape index (κ2) is 7.84. The number of benzene rings is 1. The zero-order valence-electron chi connectivity index (χ0n) is 15.9. The van der Waals surface area contributed by atoms with Crippen molar-refractivity contribution in [1.29, 1.82) is 0 Å². The van der Waals surface area contributed by atoms with E-state index in [1.165, 1.54) is 17.5 Å². The summed E-state index contributed by atoms with van der Waals surface area (Å²) in [5.74, 6) is 0.350. The topological polar surface area (TPSA) is 85.6 Å². The van der Waals surface area contributed by atoms with E-state index in [0.717, 1.165) is 11.3 Å². The number of thiophene rings is 1. The van der Waals surface area contributed by atoms with E-state index in [9.17, 15) is 9.59 Å². The second-order valence-corrected chi connectivity index (χ2v) is 7.19. The Morgan fingerprint density at radius 1 is 1.24 bits per heavy atom. The molecule has 29 heavy (non-hydrogen) atoms. The molecule has 0 bridgehead atoms. The molecule has 1 aromatic carbocycles. The summed E-state index contributed by atoms with van der Waals surface area (Å²) in [4.78, 5) is 29.7. The molecule has 3 aromatic heterocycles. The lowest BCUT2D eigenvalue weighted by Crippen LogP contribution is -2.10. The van der Waals surface area contributed by atoms with Crippen molar-refractivity contribution in [1.82, 2.24) is 14.6 Å². The minimum absolute atomic E-state index is 0.106. The fraction of sp³-hybridized carbons (Fsp3) is 0.143. The molecular weight excluding hydrogens is 388 g/mol. The highest BCUT2D eigenvalue weighted by atomic mass is 32.1. The highest BCUT2D eigenvalue weighted by molar-refractivity contribution is 7.12. The van der Waals surface area contributed by atoms with Gasteiger partial charge in [-0.1, -0.05) is 13.0 Å². The number of ether oxygens (including phenoxy) is 1. The minimum atomic E-state index is -0.108. The summed E-state index contributed by atoms with van der Waals surface area (Å²) in [5, 5.41) is 9.11. The lowest BCUT2D eigenvalue weighted by molar-refractivity contribution is -0.115. The van der Waals surface area contributed by atoms with Crippen molar-refractivity contribution in [2.75, 3.05) is 12.4 Å². The number of carbonyl (C=O) groups excluding carboxylic acids is 2. The molecule has 0 aliphatic rings. The number of rotatable bonds is 6. The third kappa shape index (κ3) is 3.50. The van der Waals surface area contributed by atoms with Gasteiger partial charge in [0.05, 0.1) is 35.1 Å². The maximum absolute atomic E-state index is 12.8. The Labute approximate surface area is 171 Å². The number of nitrogens with zero attached hydrogens (tertiary/aromatic N) is 3. The summed E-state index contributed by atoms with van der Waals surface area (Å²) < 4.78 is 6.99. The molecule has 0 unspecified atom stereocenters. The molecule has 0 atom stereocenters. The van der Waals surface area contributed by atoms with Crippen molar-refractivity contribution >= 4 is 34.4 Å². The molecule has 0 saturated carbocycles. The Bertz CT molecular complexity index is 1200. The van der Waals surface area contributed by atoms with Crippen molar-refractivity contribution < 1.29 is 14.3 Å². The monoisotopic (exact) mass is 406 g/mol. The molecule has 0 aliphatic carbocycles. The predicted octanol–water partition coefficient (Wildman–Crippen LogP) is 4.05. The lowest BCUT2D eigenvalue weighted by Gasteiger charge is -2.12. The van der Waals surface area contributed by atoms with Crippen LogP contribution in [0.15, 0.2) is 54.2 Å². The number of hydrogen-bond donors (Lipinski definition) is 1. The van der Waals surface area contributed by atoms with Gasteiger partial charge < -0.3 is 10.1 Å². The quantitative estimate of drug-likeness (QED) is 0.488. The molecule has 0 radical (unpaired) electrons. The highest BCUT2D eigenvalue weighted by Crippen LogP contribution is 2.31. The Kier molecular flexibility index (Phi) is 5.09. The van der Waals surface area contributed by atoms with Crippen LogP contribution in [0, 0.1) is 0 Å². The summed E-state index contributed by atoms with van der Waals surface area (Å²) in [6.45, 7) is 1.79. The highest BCUT2D eigenvalue weighted by Gasteiger charge is 2.19. The Balaban J connectivity index is 1.80. The fourth-order valence-electron chi connectivity index (χ4n) is 3.01. The van der Waals surface area contributed by atoms with Crippen LogP contribution in [-0.2, 0) is 4.79 Å². The first-order chi connectivity index (χ1) is 14.1. The standard InChI is InChI=1S/C21H18N4O3S/c1-3-19(26)24-15-11-13(6-7-17(15)28-2)16-8-9-22-21-14(12-23-25(16)21)20(27)18-5-4-10-29-18/h4-12H,3H2,1-2H3,(H,24,26). The van der Waals surface area contributed by atoms with Crippen molar-refractivity contribution in [2.24, 2.45) is 0 Å². The lowest BCUT2D eigenvalue weighted by atomic mass is 10.1. The van der Waals surface area contributed by atoms with Gasteiger partial charge >= 0.3 is 0 Å². The number of carbonyl (C=O) groups is 2. The smallest absolute Gasteiger partial charge is 0.224 e. The van der Waals surface area contributed by atoms with Gasteiger partial charge in [-0.3, -0.25) is 9.59 Å². The molecule has 1 amide bonds. The average molecular weight is 406 g/mol. The maximum Gasteiger partial charge on any atom is 0.224 e. The van der Waals surface area contributed by atoms with E-state index in [-0.39, 0.29) is 11.7 Å². The summed E-state index contributed by atoms with van der Waals surface area (Å²) >= 11 is 1.38. The van der Waals surface area contributed by atoms with Gasteiger partial charge in [-0.25, -0.2) is 9.50 Å². The SMILES string of the molecule is CCC(=O)Nc1cc(-c2ccnc3c(C(=O)c4cccs4)cnn23)ccc1OC. The Morgan fingerprint density at radius 2 is 2.10 bits per heavy atom. The molecular formula is C21H18N4O3S. The van der Waals surface area contributed by atoms with Crippen molar-refractivity contribution in [3.8, 4) is 17.0 Å². The van der Waals surface area contributed by atoms with E-state index in [4.69, 9.17) is 4.74 Å². The number of hydrogen-bond acceptors (Lipinski definition) is 6. The fourth-order valence-corrected chi connectivity index (χ4v) is 3.69. The molecule has 4 aromatic rings. The van der Waals surface area contributed by atoms with Crippen LogP contribution in [0.5, 0.6) is 5.75 Å². The van der Waals surface area contributed by atoms with Gasteiger partial charge in [0.25, 0.3) is 0 Å². The Hall–Kier alpha value is -3.52. The van der Waals surface area contributed by atoms with Crippen molar-refractivity contribution in [2.45, 2.75) is 13.3 Å². The first-order valence-corrected chi connectivity index (χ1v) is 9.89. The third-order valence-corrected chi connectivity index (χ3v) is 5.35. The van der Waals surface area contributed by atoms with Crippen molar-refractivity contribution in [3.05, 3.63) is 64.6 Å². The number of anilines is 1. The molecule has 7 nitrogen and oxygen atoms in total. The number of methoxy groups -OCH3 is 1. The summed E-state index contributed by atoms with van der Waals surface area (Å²) in [6, 6.07) is 10.9. The number of aromatic nitrogens is 3. The predicted molar refractivity (Wildman–Crippen MR) is 112 cm³/mol. The van der Waals surface area contributed by atoms with Crippen LogP contribution in [0.4, 0.5) is 5.69 Å². The zero-order valence-corrected chi connectivity index (χ0v) is 16.7. The van der Waals surface area contributed by atoms with E-state index in [2.05, 4.69) is 15.4 Å². The molecule has 8 heteroatoms. The van der Waals surface area contributed by atoms with E-state index in [1.54, 1.807) is 36.9 Å². The molecule has 4 rings (SSSR count). The molecule has 0 saturated heterocycles. The van der Waals surface area contributed by atoms with Crippen LogP contribution in [-0.4, -0.2) is 33.4 Å². The van der Waals surface area contributed by atoms with Crippen LogP contribution >= 0.6 is 11.3 Å². The summed E-state index contributed by atoms with van der Waals surface area (Å²) in [5.41, 5.74) is 3.06. The van der Waals surface area contributed by atoms with Gasteiger partial charge in [0.2, 0.25) is 11.7 Å². The number of nitrogens with one attached hydrogen (secondary N) is 1. The van der Waals surface area contributed by atoms with Crippen LogP contribution in [0.2, 0.25) is 0 Å². The summed E-state index contributed by atoms with van der Waals surface area (Å²) in [6.07, 6.45) is 3.55. The van der Waals surface area contributed by atoms with Crippen LogP contribution < -0.4 is 10.1 Å². The van der Waals surface area contributed by atoms with E-state index in [1.807, 2.05) is 29.6 Å². The van der Waals surface area contributed by atoms with Gasteiger partial charge in [0.15, 0.2) is 5.65 Å². The second-order valence-electron chi connectivity index (χ2n) is 6.25. The normalized spacial score (nSPS) is 10.8. The third-order valence-electron chi connectivity index (χ3n) is 4.48. The minimum Gasteiger partial charge on any atom is -0.495 e. The number of fused-ring (bicyclic) bond motifs is 1. The van der Waals surface area contributed by atoms with Crippen LogP contribution in [0.25, 0.3) is 16.9 Å². The van der Waals surface area contributed by atoms with Crippen LogP contribution in [0.3, 0.4) is 0 Å². The first-order valence-electron chi connectivity index (χ1n) is 9.01. The van der Waals surface area contributed by atoms with E-state index in [0.29, 0.717) is 33.9 Å². The first kappa shape index (κ1) is 18.8. The molecule has 0 fully saturated rings. The molecule has 0 spiro atoms. The molecule has 0 aliphatic heterocycles. The van der Waals surface area contributed by atoms with E-state index < -0.39 is 0 Å². The van der Waals surface area contributed by atoms with Crippen LogP contribution in [0.1, 0.15) is 28.6 Å². The van der Waals surface area contributed by atoms with Gasteiger partial charge in [-0.2, -0.15) is 5.10 Å². The largest absolute Gasteiger partial charge is 0.495 e. The number of amides is 1. The van der Waals surface area contributed by atoms with Crippen molar-refractivity contribution in [3.63, 3.8) is 0 Å².